The van der Waals surface area contributed by atoms with E-state index in [1.165, 1.54) is 12.1 Å². The number of ether oxygens (including phenoxy) is 1. The van der Waals surface area contributed by atoms with Crippen molar-refractivity contribution >= 4 is 17.5 Å². The summed E-state index contributed by atoms with van der Waals surface area (Å²) in [5, 5.41) is 5.66. The molecular weight excluding hydrogens is 323 g/mol. The molecule has 130 valence electrons. The van der Waals surface area contributed by atoms with E-state index in [2.05, 4.69) is 10.6 Å². The first kappa shape index (κ1) is 17.0. The highest BCUT2D eigenvalue weighted by Gasteiger charge is 2.21. The summed E-state index contributed by atoms with van der Waals surface area (Å²) in [7, 11) is 0. The van der Waals surface area contributed by atoms with Crippen molar-refractivity contribution in [1.29, 1.82) is 0 Å². The van der Waals surface area contributed by atoms with Gasteiger partial charge >= 0.3 is 0 Å². The molecule has 1 heterocycles. The number of benzene rings is 2. The topological polar surface area (TPSA) is 67.4 Å². The summed E-state index contributed by atoms with van der Waals surface area (Å²) in [5.74, 6) is -0.198. The molecule has 2 amide bonds. The molecule has 1 unspecified atom stereocenters. The first-order chi connectivity index (χ1) is 11.9. The lowest BCUT2D eigenvalue weighted by Crippen LogP contribution is -2.32. The smallest absolute Gasteiger partial charge is 0.262 e. The standard InChI is InChI=1S/C19H19FN2O3/c1-11(2)18(12-3-6-14(20)7-4-12)22-19(24)13-5-8-15-16(9-13)25-10-17(23)21-15/h3-9,11,18H,10H2,1-2H3,(H,21,23)(H,22,24). The van der Waals surface area contributed by atoms with Gasteiger partial charge < -0.3 is 15.4 Å². The van der Waals surface area contributed by atoms with Gasteiger partial charge in [-0.25, -0.2) is 4.39 Å². The fraction of sp³-hybridized carbons (Fsp3) is 0.263. The van der Waals surface area contributed by atoms with Crippen molar-refractivity contribution in [2.24, 2.45) is 5.92 Å². The Labute approximate surface area is 145 Å². The minimum atomic E-state index is -0.313. The van der Waals surface area contributed by atoms with Crippen LogP contribution in [0, 0.1) is 11.7 Å². The molecule has 0 bridgehead atoms. The van der Waals surface area contributed by atoms with E-state index >= 15 is 0 Å². The van der Waals surface area contributed by atoms with Crippen LogP contribution >= 0.6 is 0 Å². The van der Waals surface area contributed by atoms with Gasteiger partial charge in [0.1, 0.15) is 11.6 Å². The normalized spacial score (nSPS) is 14.3. The predicted molar refractivity (Wildman–Crippen MR) is 92.0 cm³/mol. The highest BCUT2D eigenvalue weighted by Crippen LogP contribution is 2.29. The number of carbonyl (C=O) groups is 2. The van der Waals surface area contributed by atoms with Crippen LogP contribution in [0.25, 0.3) is 0 Å². The van der Waals surface area contributed by atoms with Crippen LogP contribution < -0.4 is 15.4 Å². The number of halogens is 1. The maximum atomic E-state index is 13.1. The Balaban J connectivity index is 1.80. The molecule has 0 saturated heterocycles. The van der Waals surface area contributed by atoms with Crippen LogP contribution in [0.1, 0.15) is 35.8 Å². The Morgan fingerprint density at radius 3 is 2.60 bits per heavy atom. The molecule has 3 rings (SSSR count). The Morgan fingerprint density at radius 1 is 1.20 bits per heavy atom. The molecule has 0 saturated carbocycles. The van der Waals surface area contributed by atoms with Gasteiger partial charge in [0.15, 0.2) is 6.61 Å². The molecule has 0 fully saturated rings. The predicted octanol–water partition coefficient (Wildman–Crippen LogP) is 3.28. The first-order valence-corrected chi connectivity index (χ1v) is 8.07. The zero-order valence-corrected chi connectivity index (χ0v) is 14.0. The van der Waals surface area contributed by atoms with Gasteiger partial charge in [0.2, 0.25) is 0 Å². The van der Waals surface area contributed by atoms with Crippen LogP contribution in [0.3, 0.4) is 0 Å². The molecule has 0 aromatic heterocycles. The molecule has 6 heteroatoms. The Morgan fingerprint density at radius 2 is 1.92 bits per heavy atom. The highest BCUT2D eigenvalue weighted by molar-refractivity contribution is 5.99. The largest absolute Gasteiger partial charge is 0.482 e. The van der Waals surface area contributed by atoms with Gasteiger partial charge in [-0.1, -0.05) is 26.0 Å². The quantitative estimate of drug-likeness (QED) is 0.896. The summed E-state index contributed by atoms with van der Waals surface area (Å²) < 4.78 is 18.5. The zero-order valence-electron chi connectivity index (χ0n) is 14.0. The van der Waals surface area contributed by atoms with Crippen molar-refractivity contribution in [3.05, 3.63) is 59.4 Å². The minimum absolute atomic E-state index is 0.0672. The van der Waals surface area contributed by atoms with E-state index in [-0.39, 0.29) is 36.2 Å². The summed E-state index contributed by atoms with van der Waals surface area (Å²) in [6.07, 6.45) is 0. The van der Waals surface area contributed by atoms with Crippen LogP contribution in [0.4, 0.5) is 10.1 Å². The van der Waals surface area contributed by atoms with Crippen molar-refractivity contribution in [3.8, 4) is 5.75 Å². The van der Waals surface area contributed by atoms with Gasteiger partial charge in [-0.15, -0.1) is 0 Å². The number of hydrogen-bond donors (Lipinski definition) is 2. The number of hydrogen-bond acceptors (Lipinski definition) is 3. The molecule has 0 aliphatic carbocycles. The van der Waals surface area contributed by atoms with E-state index in [1.807, 2.05) is 13.8 Å². The average molecular weight is 342 g/mol. The molecule has 1 aliphatic rings. The zero-order chi connectivity index (χ0) is 18.0. The fourth-order valence-corrected chi connectivity index (χ4v) is 2.75. The lowest BCUT2D eigenvalue weighted by atomic mass is 9.95. The van der Waals surface area contributed by atoms with E-state index in [1.54, 1.807) is 30.3 Å². The van der Waals surface area contributed by atoms with E-state index in [9.17, 15) is 14.0 Å². The van der Waals surface area contributed by atoms with Gasteiger partial charge in [0.05, 0.1) is 11.7 Å². The average Bonchev–Trinajstić information content (AvgIpc) is 2.59. The molecule has 0 radical (unpaired) electrons. The third kappa shape index (κ3) is 3.79. The van der Waals surface area contributed by atoms with Crippen molar-refractivity contribution in [2.45, 2.75) is 19.9 Å². The van der Waals surface area contributed by atoms with E-state index in [0.717, 1.165) is 5.56 Å². The third-order valence-corrected chi connectivity index (χ3v) is 4.06. The van der Waals surface area contributed by atoms with Crippen molar-refractivity contribution in [1.82, 2.24) is 5.32 Å². The van der Waals surface area contributed by atoms with Crippen LogP contribution in [0.15, 0.2) is 42.5 Å². The van der Waals surface area contributed by atoms with Crippen molar-refractivity contribution in [3.63, 3.8) is 0 Å². The van der Waals surface area contributed by atoms with E-state index in [4.69, 9.17) is 4.74 Å². The molecular formula is C19H19FN2O3. The summed E-state index contributed by atoms with van der Waals surface area (Å²) in [6, 6.07) is 10.7. The lowest BCUT2D eigenvalue weighted by molar-refractivity contribution is -0.118. The summed E-state index contributed by atoms with van der Waals surface area (Å²) in [4.78, 5) is 23.9. The number of carbonyl (C=O) groups excluding carboxylic acids is 2. The second-order valence-electron chi connectivity index (χ2n) is 6.29. The van der Waals surface area contributed by atoms with Crippen molar-refractivity contribution < 1.29 is 18.7 Å². The number of nitrogens with one attached hydrogen (secondary N) is 2. The number of rotatable bonds is 4. The van der Waals surface area contributed by atoms with Gasteiger partial charge in [0, 0.05) is 5.56 Å². The number of fused-ring (bicyclic) bond motifs is 1. The summed E-state index contributed by atoms with van der Waals surface area (Å²) >= 11 is 0. The van der Waals surface area contributed by atoms with Crippen LogP contribution in [0.2, 0.25) is 0 Å². The molecule has 2 aromatic rings. The minimum Gasteiger partial charge on any atom is -0.482 e. The second-order valence-corrected chi connectivity index (χ2v) is 6.29. The molecule has 25 heavy (non-hydrogen) atoms. The fourth-order valence-electron chi connectivity index (χ4n) is 2.75. The third-order valence-electron chi connectivity index (χ3n) is 4.06. The molecule has 1 atom stereocenters. The van der Waals surface area contributed by atoms with Gasteiger partial charge in [-0.3, -0.25) is 9.59 Å². The molecule has 2 aromatic carbocycles. The maximum absolute atomic E-state index is 13.1. The molecule has 1 aliphatic heterocycles. The first-order valence-electron chi connectivity index (χ1n) is 8.07. The molecule has 2 N–H and O–H groups in total. The maximum Gasteiger partial charge on any atom is 0.262 e. The monoisotopic (exact) mass is 342 g/mol. The highest BCUT2D eigenvalue weighted by atomic mass is 19.1. The van der Waals surface area contributed by atoms with Crippen LogP contribution in [0.5, 0.6) is 5.75 Å². The van der Waals surface area contributed by atoms with Gasteiger partial charge in [0.25, 0.3) is 11.8 Å². The molecule has 5 nitrogen and oxygen atoms in total. The van der Waals surface area contributed by atoms with E-state index < -0.39 is 0 Å². The van der Waals surface area contributed by atoms with Gasteiger partial charge in [-0.2, -0.15) is 0 Å². The number of anilines is 1. The van der Waals surface area contributed by atoms with Crippen LogP contribution in [-0.2, 0) is 4.79 Å². The molecule has 0 spiro atoms. The Bertz CT molecular complexity index is 803. The second kappa shape index (κ2) is 6.93. The summed E-state index contributed by atoms with van der Waals surface area (Å²) in [6.45, 7) is 3.90. The van der Waals surface area contributed by atoms with E-state index in [0.29, 0.717) is 17.0 Å². The van der Waals surface area contributed by atoms with Crippen molar-refractivity contribution in [2.75, 3.05) is 11.9 Å². The summed E-state index contributed by atoms with van der Waals surface area (Å²) in [5.41, 5.74) is 1.82. The lowest BCUT2D eigenvalue weighted by Gasteiger charge is -2.24. The SMILES string of the molecule is CC(C)C(NC(=O)c1ccc2c(c1)OCC(=O)N2)c1ccc(F)cc1. The Hall–Kier alpha value is -2.89. The van der Waals surface area contributed by atoms with Gasteiger partial charge in [-0.05, 0) is 41.8 Å². The Kier molecular flexibility index (Phi) is 4.70. The number of amides is 2. The van der Waals surface area contributed by atoms with Crippen LogP contribution in [-0.4, -0.2) is 18.4 Å².